The van der Waals surface area contributed by atoms with E-state index in [9.17, 15) is 19.5 Å². The van der Waals surface area contributed by atoms with Gasteiger partial charge in [0.25, 0.3) is 0 Å². The number of rotatable bonds is 7. The predicted molar refractivity (Wildman–Crippen MR) is 182 cm³/mol. The molecular weight excluding hydrogens is 588 g/mol. The van der Waals surface area contributed by atoms with Crippen molar-refractivity contribution in [2.75, 3.05) is 13.1 Å². The molecule has 11 atom stereocenters. The van der Waals surface area contributed by atoms with Gasteiger partial charge in [0.2, 0.25) is 5.91 Å². The molecule has 0 spiro atoms. The van der Waals surface area contributed by atoms with Gasteiger partial charge < -0.3 is 20.1 Å². The number of carboxylic acid groups (broad SMARTS) is 1. The molecule has 2 N–H and O–H groups in total. The zero-order chi connectivity index (χ0) is 33.8. The van der Waals surface area contributed by atoms with Gasteiger partial charge in [-0.3, -0.25) is 14.4 Å². The molecular formula is C40H64N2O5. The number of esters is 1. The first kappa shape index (κ1) is 33.8. The van der Waals surface area contributed by atoms with Crippen molar-refractivity contribution in [2.24, 2.45) is 56.2 Å². The lowest BCUT2D eigenvalue weighted by molar-refractivity contribution is -0.248. The smallest absolute Gasteiger partial charge is 0.306 e. The zero-order valence-electron chi connectivity index (χ0n) is 30.6. The number of likely N-dealkylation sites (tertiary alicyclic amines) is 1. The van der Waals surface area contributed by atoms with Gasteiger partial charge in [-0.05, 0) is 121 Å². The first-order valence-electron chi connectivity index (χ1n) is 19.4. The summed E-state index contributed by atoms with van der Waals surface area (Å²) in [6, 6.07) is 0.944. The second-order valence-corrected chi connectivity index (χ2v) is 20.0. The Hall–Kier alpha value is -1.63. The molecule has 7 heteroatoms. The van der Waals surface area contributed by atoms with Gasteiger partial charge in [0.15, 0.2) is 0 Å². The largest absolute Gasteiger partial charge is 0.481 e. The molecule has 4 unspecified atom stereocenters. The SMILES string of the molecule is CC(C)(CC(=O)O)CC(=O)O[C@H]1CC[C@@]2(C)C(CC[C@]3(C)C2CC[C@@H]2[C@H]4CCC[C@]4(CC(=O)N4CC5CC4CN5)CC[C@]23C)C1(C)C. The monoisotopic (exact) mass is 652 g/mol. The van der Waals surface area contributed by atoms with Crippen molar-refractivity contribution in [1.29, 1.82) is 0 Å². The van der Waals surface area contributed by atoms with Gasteiger partial charge in [-0.25, -0.2) is 0 Å². The molecule has 2 heterocycles. The summed E-state index contributed by atoms with van der Waals surface area (Å²) in [5, 5.41) is 12.9. The van der Waals surface area contributed by atoms with E-state index in [2.05, 4.69) is 44.8 Å². The Morgan fingerprint density at radius 3 is 2.30 bits per heavy atom. The first-order valence-corrected chi connectivity index (χ1v) is 19.4. The Bertz CT molecular complexity index is 1290. The van der Waals surface area contributed by atoms with Crippen LogP contribution in [0.15, 0.2) is 0 Å². The molecule has 0 aromatic heterocycles. The molecule has 2 bridgehead atoms. The highest BCUT2D eigenvalue weighted by molar-refractivity contribution is 5.78. The Balaban J connectivity index is 1.07. The third-order valence-corrected chi connectivity index (χ3v) is 16.9. The van der Waals surface area contributed by atoms with Crippen LogP contribution in [0.1, 0.15) is 145 Å². The van der Waals surface area contributed by atoms with Gasteiger partial charge in [0.05, 0.1) is 12.8 Å². The molecule has 0 aromatic rings. The van der Waals surface area contributed by atoms with Crippen molar-refractivity contribution in [3.8, 4) is 0 Å². The summed E-state index contributed by atoms with van der Waals surface area (Å²) in [6.45, 7) is 18.2. The topological polar surface area (TPSA) is 95.9 Å². The maximum absolute atomic E-state index is 13.9. The minimum absolute atomic E-state index is 0.0355. The van der Waals surface area contributed by atoms with Crippen LogP contribution in [0, 0.1) is 56.2 Å². The van der Waals surface area contributed by atoms with Crippen molar-refractivity contribution in [1.82, 2.24) is 10.2 Å². The van der Waals surface area contributed by atoms with Crippen molar-refractivity contribution in [3.05, 3.63) is 0 Å². The number of hydrogen-bond acceptors (Lipinski definition) is 5. The minimum Gasteiger partial charge on any atom is -0.481 e. The third kappa shape index (κ3) is 5.15. The molecule has 0 aromatic carbocycles. The highest BCUT2D eigenvalue weighted by Gasteiger charge is 2.70. The summed E-state index contributed by atoms with van der Waals surface area (Å²) in [4.78, 5) is 40.6. The number of carboxylic acids is 1. The van der Waals surface area contributed by atoms with E-state index in [0.717, 1.165) is 38.8 Å². The van der Waals surface area contributed by atoms with Crippen LogP contribution in [0.3, 0.4) is 0 Å². The Kier molecular flexibility index (Phi) is 8.06. The van der Waals surface area contributed by atoms with Gasteiger partial charge in [-0.1, -0.05) is 54.9 Å². The maximum atomic E-state index is 13.9. The number of piperazine rings is 1. The van der Waals surface area contributed by atoms with Gasteiger partial charge in [0, 0.05) is 37.0 Å². The molecule has 264 valence electrons. The first-order chi connectivity index (χ1) is 21.9. The van der Waals surface area contributed by atoms with Crippen molar-refractivity contribution < 1.29 is 24.2 Å². The Morgan fingerprint density at radius 1 is 0.851 bits per heavy atom. The fourth-order valence-electron chi connectivity index (χ4n) is 14.5. The normalized spacial score (nSPS) is 46.6. The zero-order valence-corrected chi connectivity index (χ0v) is 30.6. The van der Waals surface area contributed by atoms with Crippen LogP contribution < -0.4 is 5.32 Å². The average Bonchev–Trinajstić information content (AvgIpc) is 3.70. The van der Waals surface area contributed by atoms with E-state index in [-0.39, 0.29) is 46.6 Å². The van der Waals surface area contributed by atoms with E-state index in [0.29, 0.717) is 47.1 Å². The molecule has 2 aliphatic heterocycles. The second-order valence-electron chi connectivity index (χ2n) is 20.0. The summed E-state index contributed by atoms with van der Waals surface area (Å²) in [5.74, 6) is 1.87. The standard InChI is InChI=1S/C40H64N2O5/c1-35(2,21-33(44)45)22-34(46)47-31-13-15-37(5)29(36(31,3)4)12-16-39(7)30(37)11-10-27-28-9-8-14-40(28,18-17-38(27,39)6)20-32(43)42-24-25-19-26(42)23-41-25/h25-31,41H,8-24H2,1-7H3,(H,44,45)/t25?,26?,27-,28-,29?,30?,31+,37+,38-,39-,40-/m1/s1. The van der Waals surface area contributed by atoms with Crippen molar-refractivity contribution >= 4 is 17.8 Å². The highest BCUT2D eigenvalue weighted by Crippen LogP contribution is 2.77. The molecule has 1 amide bonds. The fraction of sp³-hybridized carbons (Fsp3) is 0.925. The Labute approximate surface area is 284 Å². The fourth-order valence-corrected chi connectivity index (χ4v) is 14.5. The third-order valence-electron chi connectivity index (χ3n) is 16.9. The average molecular weight is 653 g/mol. The molecule has 7 fully saturated rings. The van der Waals surface area contributed by atoms with E-state index in [1.54, 1.807) is 0 Å². The molecule has 5 aliphatic carbocycles. The van der Waals surface area contributed by atoms with Crippen LogP contribution >= 0.6 is 0 Å². The number of aliphatic carboxylic acids is 1. The van der Waals surface area contributed by atoms with E-state index < -0.39 is 11.4 Å². The van der Waals surface area contributed by atoms with E-state index >= 15 is 0 Å². The lowest BCUT2D eigenvalue weighted by atomic mass is 9.32. The summed E-state index contributed by atoms with van der Waals surface area (Å²) >= 11 is 0. The number of hydrogen-bond donors (Lipinski definition) is 2. The Morgan fingerprint density at radius 2 is 1.62 bits per heavy atom. The lowest BCUT2D eigenvalue weighted by Crippen LogP contribution is -2.66. The van der Waals surface area contributed by atoms with Crippen LogP contribution in [0.5, 0.6) is 0 Å². The van der Waals surface area contributed by atoms with Crippen LogP contribution in [-0.2, 0) is 19.1 Å². The van der Waals surface area contributed by atoms with Gasteiger partial charge in [-0.15, -0.1) is 0 Å². The maximum Gasteiger partial charge on any atom is 0.306 e. The minimum atomic E-state index is -0.873. The quantitative estimate of drug-likeness (QED) is 0.275. The molecule has 2 saturated heterocycles. The van der Waals surface area contributed by atoms with Crippen molar-refractivity contribution in [3.63, 3.8) is 0 Å². The van der Waals surface area contributed by atoms with Gasteiger partial charge in [-0.2, -0.15) is 0 Å². The molecule has 7 rings (SSSR count). The molecule has 0 radical (unpaired) electrons. The van der Waals surface area contributed by atoms with Crippen LogP contribution in [0.4, 0.5) is 0 Å². The molecule has 7 nitrogen and oxygen atoms in total. The second kappa shape index (κ2) is 11.2. The van der Waals surface area contributed by atoms with Crippen LogP contribution in [0.2, 0.25) is 0 Å². The number of carbonyl (C=O) groups is 3. The van der Waals surface area contributed by atoms with Gasteiger partial charge in [0.1, 0.15) is 6.10 Å². The van der Waals surface area contributed by atoms with Gasteiger partial charge >= 0.3 is 11.9 Å². The number of ether oxygens (including phenoxy) is 1. The summed E-state index contributed by atoms with van der Waals surface area (Å²) in [6.07, 6.45) is 15.2. The number of carbonyl (C=O) groups excluding carboxylic acids is 2. The van der Waals surface area contributed by atoms with E-state index in [4.69, 9.17) is 4.74 Å². The lowest BCUT2D eigenvalue weighted by Gasteiger charge is -2.72. The van der Waals surface area contributed by atoms with E-state index in [1.807, 2.05) is 13.8 Å². The van der Waals surface area contributed by atoms with Crippen LogP contribution in [-0.4, -0.2) is 59.1 Å². The molecule has 47 heavy (non-hydrogen) atoms. The number of nitrogens with zero attached hydrogens (tertiary/aromatic N) is 1. The number of fused-ring (bicyclic) bond motifs is 9. The van der Waals surface area contributed by atoms with E-state index in [1.165, 1.54) is 57.8 Å². The number of amides is 1. The predicted octanol–water partition coefficient (Wildman–Crippen LogP) is 7.61. The molecule has 5 saturated carbocycles. The summed E-state index contributed by atoms with van der Waals surface area (Å²) < 4.78 is 6.26. The molecule has 7 aliphatic rings. The van der Waals surface area contributed by atoms with Crippen LogP contribution in [0.25, 0.3) is 0 Å². The summed E-state index contributed by atoms with van der Waals surface area (Å²) in [7, 11) is 0. The number of nitrogens with one attached hydrogen (secondary N) is 1. The van der Waals surface area contributed by atoms with Crippen molar-refractivity contribution in [2.45, 2.75) is 163 Å². The highest BCUT2D eigenvalue weighted by atomic mass is 16.5. The summed E-state index contributed by atoms with van der Waals surface area (Å²) in [5.41, 5.74) is 0.248.